The molecule has 1 aromatic heterocycles. The summed E-state index contributed by atoms with van der Waals surface area (Å²) in [5.41, 5.74) is 0.600. The van der Waals surface area contributed by atoms with Crippen LogP contribution in [0.3, 0.4) is 0 Å². The van der Waals surface area contributed by atoms with Crippen molar-refractivity contribution < 1.29 is 9.18 Å². The maximum atomic E-state index is 13.4. The maximum Gasteiger partial charge on any atom is 0.256 e. The molecule has 0 aliphatic heterocycles. The lowest BCUT2D eigenvalue weighted by Gasteiger charge is -2.05. The zero-order valence-corrected chi connectivity index (χ0v) is 12.1. The summed E-state index contributed by atoms with van der Waals surface area (Å²) in [6.45, 7) is 0. The van der Waals surface area contributed by atoms with Crippen molar-refractivity contribution >= 4 is 57.1 Å². The zero-order chi connectivity index (χ0) is 12.4. The van der Waals surface area contributed by atoms with Crippen molar-refractivity contribution in [1.82, 2.24) is 0 Å². The third kappa shape index (κ3) is 3.17. The molecule has 1 aromatic carbocycles. The third-order valence-corrected chi connectivity index (χ3v) is 4.03. The lowest BCUT2D eigenvalue weighted by Crippen LogP contribution is -2.12. The molecule has 0 fully saturated rings. The molecular formula is C11H6ClFINOS. The average molecular weight is 382 g/mol. The normalized spacial score (nSPS) is 10.3. The van der Waals surface area contributed by atoms with E-state index in [0.29, 0.717) is 10.6 Å². The van der Waals surface area contributed by atoms with Gasteiger partial charge in [-0.15, -0.1) is 11.3 Å². The summed E-state index contributed by atoms with van der Waals surface area (Å²) < 4.78 is 14.4. The highest BCUT2D eigenvalue weighted by Gasteiger charge is 2.11. The first-order valence-electron chi connectivity index (χ1n) is 4.56. The molecule has 0 spiro atoms. The second-order valence-corrected chi connectivity index (χ2v) is 6.46. The van der Waals surface area contributed by atoms with E-state index < -0.39 is 5.82 Å². The van der Waals surface area contributed by atoms with E-state index in [2.05, 4.69) is 27.9 Å². The van der Waals surface area contributed by atoms with Gasteiger partial charge < -0.3 is 5.32 Å². The number of benzene rings is 1. The van der Waals surface area contributed by atoms with Crippen LogP contribution in [0.25, 0.3) is 0 Å². The first-order chi connectivity index (χ1) is 8.06. The summed E-state index contributed by atoms with van der Waals surface area (Å²) in [6, 6.07) is 5.77. The number of nitrogens with one attached hydrogen (secondary N) is 1. The van der Waals surface area contributed by atoms with Crippen molar-refractivity contribution in [3.05, 3.63) is 48.9 Å². The Bertz CT molecular complexity index is 572. The van der Waals surface area contributed by atoms with Crippen LogP contribution in [0.1, 0.15) is 10.4 Å². The molecule has 1 heterocycles. The van der Waals surface area contributed by atoms with E-state index in [9.17, 15) is 9.18 Å². The molecule has 2 nitrogen and oxygen atoms in total. The molecule has 0 saturated carbocycles. The molecule has 17 heavy (non-hydrogen) atoms. The van der Waals surface area contributed by atoms with Gasteiger partial charge in [0.2, 0.25) is 0 Å². The van der Waals surface area contributed by atoms with Gasteiger partial charge >= 0.3 is 0 Å². The zero-order valence-electron chi connectivity index (χ0n) is 8.34. The highest BCUT2D eigenvalue weighted by Crippen LogP contribution is 2.22. The topological polar surface area (TPSA) is 29.1 Å². The average Bonchev–Trinajstić information content (AvgIpc) is 2.70. The molecule has 0 aliphatic rings. The van der Waals surface area contributed by atoms with Gasteiger partial charge in [-0.2, -0.15) is 0 Å². The molecule has 2 aromatic rings. The Balaban J connectivity index is 2.21. The van der Waals surface area contributed by atoms with Crippen molar-refractivity contribution in [3.63, 3.8) is 0 Å². The summed E-state index contributed by atoms with van der Waals surface area (Å²) in [6.07, 6.45) is 0. The fraction of sp³-hybridized carbons (Fsp3) is 0. The lowest BCUT2D eigenvalue weighted by molar-refractivity contribution is 0.102. The second kappa shape index (κ2) is 5.32. The third-order valence-electron chi connectivity index (χ3n) is 2.01. The van der Waals surface area contributed by atoms with Crippen LogP contribution in [0.2, 0.25) is 5.02 Å². The maximum absolute atomic E-state index is 13.4. The molecule has 1 amide bonds. The lowest BCUT2D eigenvalue weighted by atomic mass is 10.2. The minimum absolute atomic E-state index is 0.0868. The van der Waals surface area contributed by atoms with Crippen LogP contribution in [0.15, 0.2) is 29.6 Å². The number of carbonyl (C=O) groups excluding carboxylic acids is 1. The van der Waals surface area contributed by atoms with Crippen molar-refractivity contribution in [2.24, 2.45) is 0 Å². The van der Waals surface area contributed by atoms with Gasteiger partial charge in [0.25, 0.3) is 5.91 Å². The van der Waals surface area contributed by atoms with E-state index in [4.69, 9.17) is 11.6 Å². The van der Waals surface area contributed by atoms with Gasteiger partial charge in [-0.1, -0.05) is 11.6 Å². The first-order valence-corrected chi connectivity index (χ1v) is 6.90. The Labute approximate surface area is 120 Å². The van der Waals surface area contributed by atoms with Gasteiger partial charge in [0, 0.05) is 10.4 Å². The Morgan fingerprint density at radius 3 is 2.82 bits per heavy atom. The smallest absolute Gasteiger partial charge is 0.256 e. The molecule has 2 rings (SSSR count). The summed E-state index contributed by atoms with van der Waals surface area (Å²) in [7, 11) is 0. The summed E-state index contributed by atoms with van der Waals surface area (Å²) in [5, 5.41) is 4.58. The van der Waals surface area contributed by atoms with Crippen LogP contribution in [-0.2, 0) is 0 Å². The number of rotatable bonds is 2. The number of carbonyl (C=O) groups is 1. The minimum atomic E-state index is -0.507. The van der Waals surface area contributed by atoms with E-state index in [1.54, 1.807) is 11.4 Å². The molecule has 0 atom stereocenters. The van der Waals surface area contributed by atoms with Crippen molar-refractivity contribution in [2.75, 3.05) is 5.32 Å². The van der Waals surface area contributed by atoms with Gasteiger partial charge in [-0.05, 0) is 46.9 Å². The predicted octanol–water partition coefficient (Wildman–Crippen LogP) is 4.40. The molecule has 0 radical (unpaired) electrons. The molecule has 0 bridgehead atoms. The van der Waals surface area contributed by atoms with Crippen LogP contribution in [0.5, 0.6) is 0 Å². The SMILES string of the molecule is O=C(Nc1cc(Cl)ccc1F)c1csc(I)c1. The molecule has 0 aliphatic carbocycles. The van der Waals surface area contributed by atoms with Gasteiger partial charge in [-0.25, -0.2) is 4.39 Å². The number of halogens is 3. The van der Waals surface area contributed by atoms with Crippen LogP contribution in [-0.4, -0.2) is 5.91 Å². The minimum Gasteiger partial charge on any atom is -0.319 e. The number of amides is 1. The van der Waals surface area contributed by atoms with Crippen LogP contribution >= 0.6 is 45.5 Å². The van der Waals surface area contributed by atoms with Gasteiger partial charge in [0.15, 0.2) is 0 Å². The van der Waals surface area contributed by atoms with Crippen LogP contribution in [0.4, 0.5) is 10.1 Å². The second-order valence-electron chi connectivity index (χ2n) is 3.22. The van der Waals surface area contributed by atoms with E-state index >= 15 is 0 Å². The molecular weight excluding hydrogens is 376 g/mol. The fourth-order valence-corrected chi connectivity index (χ4v) is 2.72. The van der Waals surface area contributed by atoms with Gasteiger partial charge in [0.1, 0.15) is 5.82 Å². The quantitative estimate of drug-likeness (QED) is 0.768. The monoisotopic (exact) mass is 381 g/mol. The standard InChI is InChI=1S/C11H6ClFINOS/c12-7-1-2-8(13)9(4-7)15-11(16)6-3-10(14)17-5-6/h1-5H,(H,15,16). The Morgan fingerprint density at radius 1 is 1.41 bits per heavy atom. The number of hydrogen-bond donors (Lipinski definition) is 1. The molecule has 0 unspecified atom stereocenters. The molecule has 88 valence electrons. The summed E-state index contributed by atoms with van der Waals surface area (Å²) >= 11 is 9.31. The summed E-state index contributed by atoms with van der Waals surface area (Å²) in [5.74, 6) is -0.849. The highest BCUT2D eigenvalue weighted by molar-refractivity contribution is 14.1. The van der Waals surface area contributed by atoms with Crippen molar-refractivity contribution in [3.8, 4) is 0 Å². The Hall–Kier alpha value is -0.660. The van der Waals surface area contributed by atoms with Crippen LogP contribution in [0, 0.1) is 8.70 Å². The Kier molecular flexibility index (Phi) is 4.01. The molecule has 6 heteroatoms. The van der Waals surface area contributed by atoms with Gasteiger partial charge in [-0.3, -0.25) is 4.79 Å². The molecule has 1 N–H and O–H groups in total. The number of hydrogen-bond acceptors (Lipinski definition) is 2. The van der Waals surface area contributed by atoms with Crippen molar-refractivity contribution in [1.29, 1.82) is 0 Å². The number of anilines is 1. The van der Waals surface area contributed by atoms with Gasteiger partial charge in [0.05, 0.1) is 14.1 Å². The van der Waals surface area contributed by atoms with Crippen molar-refractivity contribution in [2.45, 2.75) is 0 Å². The molecule has 0 saturated heterocycles. The van der Waals surface area contributed by atoms with E-state index in [-0.39, 0.29) is 11.6 Å². The summed E-state index contributed by atoms with van der Waals surface area (Å²) in [4.78, 5) is 11.8. The first kappa shape index (κ1) is 12.8. The Morgan fingerprint density at radius 2 is 2.18 bits per heavy atom. The van der Waals surface area contributed by atoms with E-state index in [0.717, 1.165) is 2.88 Å². The van der Waals surface area contributed by atoms with E-state index in [1.165, 1.54) is 29.5 Å². The fourth-order valence-electron chi connectivity index (χ4n) is 1.22. The highest BCUT2D eigenvalue weighted by atomic mass is 127. The predicted molar refractivity (Wildman–Crippen MR) is 76.4 cm³/mol. The number of thiophene rings is 1. The largest absolute Gasteiger partial charge is 0.319 e. The van der Waals surface area contributed by atoms with Crippen LogP contribution < -0.4 is 5.32 Å². The van der Waals surface area contributed by atoms with E-state index in [1.807, 2.05) is 0 Å².